The average Bonchev–Trinajstić information content (AvgIpc) is 3.12. The zero-order valence-electron chi connectivity index (χ0n) is 11.8. The number of nitrogens with zero attached hydrogens (tertiary/aromatic N) is 2. The van der Waals surface area contributed by atoms with E-state index in [4.69, 9.17) is 0 Å². The molecule has 0 aromatic carbocycles. The molecule has 0 radical (unpaired) electrons. The van der Waals surface area contributed by atoms with Crippen molar-refractivity contribution in [2.75, 3.05) is 19.6 Å². The molecule has 1 saturated carbocycles. The summed E-state index contributed by atoms with van der Waals surface area (Å²) in [6.07, 6.45) is 6.45. The summed E-state index contributed by atoms with van der Waals surface area (Å²) in [5.41, 5.74) is 0. The highest BCUT2D eigenvalue weighted by molar-refractivity contribution is 7.89. The second-order valence-electron chi connectivity index (χ2n) is 5.90. The van der Waals surface area contributed by atoms with Crippen LogP contribution in [0.4, 0.5) is 4.39 Å². The molecular formula is C14H20FN3O2S. The minimum atomic E-state index is -3.68. The van der Waals surface area contributed by atoms with Crippen molar-refractivity contribution in [3.05, 3.63) is 24.3 Å². The lowest BCUT2D eigenvalue weighted by molar-refractivity contribution is 0.358. The Labute approximate surface area is 124 Å². The third-order valence-electron chi connectivity index (χ3n) is 4.06. The van der Waals surface area contributed by atoms with Gasteiger partial charge in [0.25, 0.3) is 0 Å². The molecule has 1 saturated heterocycles. The van der Waals surface area contributed by atoms with Crippen LogP contribution in [-0.2, 0) is 10.0 Å². The summed E-state index contributed by atoms with van der Waals surface area (Å²) in [6.45, 7) is 1.91. The summed E-state index contributed by atoms with van der Waals surface area (Å²) < 4.78 is 40.2. The van der Waals surface area contributed by atoms with E-state index in [-0.39, 0.29) is 10.9 Å². The number of aromatic nitrogens is 1. The zero-order valence-corrected chi connectivity index (χ0v) is 12.7. The van der Waals surface area contributed by atoms with Crippen LogP contribution in [-0.4, -0.2) is 43.4 Å². The predicted octanol–water partition coefficient (Wildman–Crippen LogP) is 1.37. The number of hydrogen-bond donors (Lipinski definition) is 1. The molecular weight excluding hydrogens is 293 g/mol. The molecule has 1 N–H and O–H groups in total. The summed E-state index contributed by atoms with van der Waals surface area (Å²) in [5.74, 6) is -0.177. The first-order valence-corrected chi connectivity index (χ1v) is 8.84. The second-order valence-corrected chi connectivity index (χ2v) is 7.84. The van der Waals surface area contributed by atoms with Gasteiger partial charge in [-0.15, -0.1) is 0 Å². The van der Waals surface area contributed by atoms with Gasteiger partial charge in [-0.3, -0.25) is 4.98 Å². The monoisotopic (exact) mass is 313 g/mol. The molecule has 1 aliphatic carbocycles. The Hall–Kier alpha value is -1.05. The highest BCUT2D eigenvalue weighted by Crippen LogP contribution is 2.32. The first-order valence-electron chi connectivity index (χ1n) is 7.40. The van der Waals surface area contributed by atoms with Crippen molar-refractivity contribution >= 4 is 10.0 Å². The van der Waals surface area contributed by atoms with Gasteiger partial charge in [-0.25, -0.2) is 12.8 Å². The molecule has 1 unspecified atom stereocenters. The van der Waals surface area contributed by atoms with Crippen molar-refractivity contribution in [2.45, 2.75) is 36.6 Å². The van der Waals surface area contributed by atoms with Gasteiger partial charge < -0.3 is 5.32 Å². The highest BCUT2D eigenvalue weighted by atomic mass is 32.2. The maximum Gasteiger partial charge on any atom is 0.244 e. The minimum absolute atomic E-state index is 0.0545. The molecule has 5 nitrogen and oxygen atoms in total. The molecule has 0 spiro atoms. The lowest BCUT2D eigenvalue weighted by Gasteiger charge is -2.25. The zero-order chi connectivity index (χ0) is 14.9. The van der Waals surface area contributed by atoms with E-state index in [1.54, 1.807) is 0 Å². The van der Waals surface area contributed by atoms with Crippen LogP contribution in [0.15, 0.2) is 23.4 Å². The third-order valence-corrected chi connectivity index (χ3v) is 5.86. The van der Waals surface area contributed by atoms with Crippen molar-refractivity contribution < 1.29 is 12.8 Å². The SMILES string of the molecule is O=S(=O)(c1cncc(F)c1)N(CC1CC1)CC1CCCN1. The molecule has 116 valence electrons. The van der Waals surface area contributed by atoms with Crippen molar-refractivity contribution in [2.24, 2.45) is 5.92 Å². The number of sulfonamides is 1. The Morgan fingerprint density at radius 3 is 2.71 bits per heavy atom. The fraction of sp³-hybridized carbons (Fsp3) is 0.643. The van der Waals surface area contributed by atoms with E-state index in [9.17, 15) is 12.8 Å². The summed E-state index contributed by atoms with van der Waals surface area (Å²) in [7, 11) is -3.68. The normalized spacial score (nSPS) is 22.9. The molecule has 0 amide bonds. The molecule has 1 aliphatic heterocycles. The maximum atomic E-state index is 13.3. The number of hydrogen-bond acceptors (Lipinski definition) is 4. The van der Waals surface area contributed by atoms with Gasteiger partial charge in [0.05, 0.1) is 6.20 Å². The number of pyridine rings is 1. The van der Waals surface area contributed by atoms with Gasteiger partial charge in [0.2, 0.25) is 10.0 Å². The Morgan fingerprint density at radius 2 is 2.10 bits per heavy atom. The number of nitrogens with one attached hydrogen (secondary N) is 1. The van der Waals surface area contributed by atoms with E-state index in [2.05, 4.69) is 10.3 Å². The van der Waals surface area contributed by atoms with Crippen molar-refractivity contribution in [1.82, 2.24) is 14.6 Å². The molecule has 21 heavy (non-hydrogen) atoms. The van der Waals surface area contributed by atoms with Crippen molar-refractivity contribution in [1.29, 1.82) is 0 Å². The van der Waals surface area contributed by atoms with Crippen molar-refractivity contribution in [3.63, 3.8) is 0 Å². The number of halogens is 1. The van der Waals surface area contributed by atoms with Crippen LogP contribution in [0.3, 0.4) is 0 Å². The quantitative estimate of drug-likeness (QED) is 0.862. The molecule has 2 heterocycles. The van der Waals surface area contributed by atoms with E-state index in [0.717, 1.165) is 44.5 Å². The smallest absolute Gasteiger partial charge is 0.244 e. The molecule has 1 atom stereocenters. The van der Waals surface area contributed by atoms with Crippen LogP contribution in [0.2, 0.25) is 0 Å². The van der Waals surface area contributed by atoms with E-state index >= 15 is 0 Å². The van der Waals surface area contributed by atoms with Crippen LogP contribution < -0.4 is 5.32 Å². The maximum absolute atomic E-state index is 13.3. The first kappa shape index (κ1) is 14.9. The van der Waals surface area contributed by atoms with Crippen LogP contribution in [0.5, 0.6) is 0 Å². The van der Waals surface area contributed by atoms with Gasteiger partial charge in [0, 0.05) is 25.3 Å². The first-order chi connectivity index (χ1) is 10.1. The minimum Gasteiger partial charge on any atom is -0.313 e. The Balaban J connectivity index is 1.82. The standard InChI is InChI=1S/C14H20FN3O2S/c15-12-6-14(8-16-7-12)21(19,20)18(9-11-3-4-11)10-13-2-1-5-17-13/h6-8,11,13,17H,1-5,9-10H2. The van der Waals surface area contributed by atoms with Gasteiger partial charge in [-0.1, -0.05) is 0 Å². The fourth-order valence-corrected chi connectivity index (χ4v) is 4.24. The molecule has 0 bridgehead atoms. The Bertz CT molecular complexity index is 598. The van der Waals surface area contributed by atoms with Crippen LogP contribution >= 0.6 is 0 Å². The molecule has 2 fully saturated rings. The van der Waals surface area contributed by atoms with Gasteiger partial charge >= 0.3 is 0 Å². The number of rotatable bonds is 6. The van der Waals surface area contributed by atoms with Gasteiger partial charge in [-0.2, -0.15) is 4.31 Å². The lowest BCUT2D eigenvalue weighted by atomic mass is 10.2. The van der Waals surface area contributed by atoms with E-state index in [0.29, 0.717) is 19.0 Å². The topological polar surface area (TPSA) is 62.3 Å². The second kappa shape index (κ2) is 5.98. The third kappa shape index (κ3) is 3.59. The van der Waals surface area contributed by atoms with Crippen LogP contribution in [0.25, 0.3) is 0 Å². The Kier molecular flexibility index (Phi) is 4.24. The molecule has 1 aromatic rings. The highest BCUT2D eigenvalue weighted by Gasteiger charge is 2.34. The van der Waals surface area contributed by atoms with E-state index < -0.39 is 15.8 Å². The molecule has 3 rings (SSSR count). The van der Waals surface area contributed by atoms with Gasteiger partial charge in [0.15, 0.2) is 0 Å². The van der Waals surface area contributed by atoms with Gasteiger partial charge in [0.1, 0.15) is 10.7 Å². The van der Waals surface area contributed by atoms with Gasteiger partial charge in [-0.05, 0) is 44.2 Å². The molecule has 2 aliphatic rings. The fourth-order valence-electron chi connectivity index (χ4n) is 2.70. The van der Waals surface area contributed by atoms with Crippen LogP contribution in [0, 0.1) is 11.7 Å². The Morgan fingerprint density at radius 1 is 1.29 bits per heavy atom. The lowest BCUT2D eigenvalue weighted by Crippen LogP contribution is -2.42. The summed E-state index contributed by atoms with van der Waals surface area (Å²) in [4.78, 5) is 3.61. The predicted molar refractivity (Wildman–Crippen MR) is 76.7 cm³/mol. The molecule has 7 heteroatoms. The van der Waals surface area contributed by atoms with E-state index in [1.165, 1.54) is 10.5 Å². The van der Waals surface area contributed by atoms with Crippen LogP contribution in [0.1, 0.15) is 25.7 Å². The van der Waals surface area contributed by atoms with Crippen molar-refractivity contribution in [3.8, 4) is 0 Å². The average molecular weight is 313 g/mol. The molecule has 1 aromatic heterocycles. The largest absolute Gasteiger partial charge is 0.313 e. The van der Waals surface area contributed by atoms with E-state index in [1.807, 2.05) is 0 Å². The summed E-state index contributed by atoms with van der Waals surface area (Å²) >= 11 is 0. The summed E-state index contributed by atoms with van der Waals surface area (Å²) in [6, 6.07) is 1.24. The summed E-state index contributed by atoms with van der Waals surface area (Å²) in [5, 5.41) is 3.32.